The first kappa shape index (κ1) is 15.4. The van der Waals surface area contributed by atoms with Gasteiger partial charge in [0.2, 0.25) is 15.9 Å². The van der Waals surface area contributed by atoms with E-state index in [1.807, 2.05) is 0 Å². The van der Waals surface area contributed by atoms with E-state index in [-0.39, 0.29) is 42.6 Å². The highest BCUT2D eigenvalue weighted by molar-refractivity contribution is 7.89. The number of esters is 1. The summed E-state index contributed by atoms with van der Waals surface area (Å²) in [4.78, 5) is 25.1. The highest BCUT2D eigenvalue weighted by Crippen LogP contribution is 2.27. The van der Waals surface area contributed by atoms with Crippen LogP contribution in [-0.2, 0) is 19.6 Å². The number of sulfonamides is 1. The van der Waals surface area contributed by atoms with Gasteiger partial charge in [0.25, 0.3) is 0 Å². The lowest BCUT2D eigenvalue weighted by molar-refractivity contribution is -0.117. The number of H-pyrrole nitrogens is 1. The number of nitrogens with two attached hydrogens (primary N) is 1. The van der Waals surface area contributed by atoms with Gasteiger partial charge in [-0.3, -0.25) is 9.89 Å². The number of nitrogens with zero attached hydrogens (tertiary/aromatic N) is 2. The summed E-state index contributed by atoms with van der Waals surface area (Å²) >= 11 is 0. The molecular formula is C11H16N4O5S. The topological polar surface area (TPSA) is 135 Å². The van der Waals surface area contributed by atoms with E-state index in [0.717, 1.165) is 0 Å². The Morgan fingerprint density at radius 1 is 1.62 bits per heavy atom. The van der Waals surface area contributed by atoms with Gasteiger partial charge in [-0.15, -0.1) is 0 Å². The maximum atomic E-state index is 12.0. The third kappa shape index (κ3) is 3.58. The van der Waals surface area contributed by atoms with Gasteiger partial charge < -0.3 is 9.64 Å². The Kier molecular flexibility index (Phi) is 4.28. The summed E-state index contributed by atoms with van der Waals surface area (Å²) in [6, 6.07) is 0. The van der Waals surface area contributed by atoms with Crippen LogP contribution in [0, 0.1) is 5.92 Å². The van der Waals surface area contributed by atoms with E-state index in [1.54, 1.807) is 6.92 Å². The lowest BCUT2D eigenvalue weighted by Crippen LogP contribution is -2.28. The van der Waals surface area contributed by atoms with Crippen LogP contribution in [0.3, 0.4) is 0 Å². The lowest BCUT2D eigenvalue weighted by atomic mass is 10.1. The van der Waals surface area contributed by atoms with E-state index >= 15 is 0 Å². The van der Waals surface area contributed by atoms with Gasteiger partial charge in [0.05, 0.1) is 24.2 Å². The molecule has 1 amide bonds. The minimum atomic E-state index is -3.65. The maximum absolute atomic E-state index is 12.0. The second-order valence-corrected chi connectivity index (χ2v) is 6.41. The van der Waals surface area contributed by atoms with Crippen molar-refractivity contribution in [3.63, 3.8) is 0 Å². The largest absolute Gasteiger partial charge is 0.461 e. The van der Waals surface area contributed by atoms with Crippen LogP contribution in [0.4, 0.5) is 5.69 Å². The number of carbonyl (C=O) groups is 2. The molecule has 0 radical (unpaired) electrons. The Hall–Kier alpha value is -1.94. The average Bonchev–Trinajstić information content (AvgIpc) is 2.93. The predicted molar refractivity (Wildman–Crippen MR) is 73.0 cm³/mol. The molecular weight excluding hydrogens is 300 g/mol. The summed E-state index contributed by atoms with van der Waals surface area (Å²) in [7, 11) is -3.65. The zero-order chi connectivity index (χ0) is 15.6. The summed E-state index contributed by atoms with van der Waals surface area (Å²) in [5.74, 6) is -1.58. The van der Waals surface area contributed by atoms with Crippen LogP contribution >= 0.6 is 0 Å². The molecule has 0 aromatic carbocycles. The quantitative estimate of drug-likeness (QED) is 0.684. The normalized spacial score (nSPS) is 19.0. The van der Waals surface area contributed by atoms with E-state index in [0.29, 0.717) is 0 Å². The summed E-state index contributed by atoms with van der Waals surface area (Å²) in [5.41, 5.74) is 0.358. The highest BCUT2D eigenvalue weighted by Gasteiger charge is 2.35. The van der Waals surface area contributed by atoms with Crippen molar-refractivity contribution in [3.8, 4) is 0 Å². The van der Waals surface area contributed by atoms with Gasteiger partial charge in [-0.25, -0.2) is 18.4 Å². The number of amides is 1. The monoisotopic (exact) mass is 316 g/mol. The molecule has 1 unspecified atom stereocenters. The van der Waals surface area contributed by atoms with Crippen molar-refractivity contribution < 1.29 is 22.7 Å². The van der Waals surface area contributed by atoms with E-state index in [1.165, 1.54) is 11.1 Å². The standard InChI is InChI=1S/C11H16N4O5S/c1-2-20-11(17)10-8(4-13-14-10)15-5-7(3-9(15)16)6-21(12,18)19/h4,7H,2-3,5-6H2,1H3,(H,13,14)(H2,12,18,19). The molecule has 21 heavy (non-hydrogen) atoms. The Balaban J connectivity index is 2.18. The summed E-state index contributed by atoms with van der Waals surface area (Å²) in [6.45, 7) is 2.03. The molecule has 9 nitrogen and oxygen atoms in total. The van der Waals surface area contributed by atoms with Crippen molar-refractivity contribution in [2.75, 3.05) is 23.8 Å². The van der Waals surface area contributed by atoms with Crippen molar-refractivity contribution in [2.45, 2.75) is 13.3 Å². The third-order valence-electron chi connectivity index (χ3n) is 3.06. The second-order valence-electron chi connectivity index (χ2n) is 4.75. The number of ether oxygens (including phenoxy) is 1. The fourth-order valence-electron chi connectivity index (χ4n) is 2.29. The number of rotatable bonds is 5. The Morgan fingerprint density at radius 3 is 2.95 bits per heavy atom. The maximum Gasteiger partial charge on any atom is 0.358 e. The van der Waals surface area contributed by atoms with Crippen molar-refractivity contribution in [3.05, 3.63) is 11.9 Å². The first-order valence-electron chi connectivity index (χ1n) is 6.33. The Labute approximate surface area is 121 Å². The number of carbonyl (C=O) groups excluding carboxylic acids is 2. The molecule has 0 bridgehead atoms. The van der Waals surface area contributed by atoms with Crippen molar-refractivity contribution in [2.24, 2.45) is 11.1 Å². The van der Waals surface area contributed by atoms with E-state index < -0.39 is 21.9 Å². The minimum Gasteiger partial charge on any atom is -0.461 e. The first-order chi connectivity index (χ1) is 9.81. The molecule has 10 heteroatoms. The Morgan fingerprint density at radius 2 is 2.33 bits per heavy atom. The smallest absolute Gasteiger partial charge is 0.358 e. The molecule has 2 heterocycles. The number of hydrogen-bond acceptors (Lipinski definition) is 6. The molecule has 1 atom stereocenters. The molecule has 1 aliphatic rings. The Bertz CT molecular complexity index is 653. The third-order valence-corrected chi connectivity index (χ3v) is 4.00. The SMILES string of the molecule is CCOC(=O)c1[nH]ncc1N1CC(CS(N)(=O)=O)CC1=O. The summed E-state index contributed by atoms with van der Waals surface area (Å²) in [5, 5.41) is 11.2. The van der Waals surface area contributed by atoms with Gasteiger partial charge in [0.15, 0.2) is 5.69 Å². The number of primary sulfonamides is 1. The molecule has 3 N–H and O–H groups in total. The molecule has 1 aliphatic heterocycles. The van der Waals surface area contributed by atoms with E-state index in [2.05, 4.69) is 10.2 Å². The number of nitrogens with one attached hydrogen (secondary N) is 1. The number of anilines is 1. The van der Waals surface area contributed by atoms with Crippen LogP contribution in [0.2, 0.25) is 0 Å². The second kappa shape index (κ2) is 5.82. The van der Waals surface area contributed by atoms with Gasteiger partial charge >= 0.3 is 5.97 Å². The summed E-state index contributed by atoms with van der Waals surface area (Å²) in [6.07, 6.45) is 1.40. The molecule has 0 aliphatic carbocycles. The number of hydrogen-bond donors (Lipinski definition) is 2. The van der Waals surface area contributed by atoms with Crippen LogP contribution in [0.5, 0.6) is 0 Å². The first-order valence-corrected chi connectivity index (χ1v) is 8.04. The van der Waals surface area contributed by atoms with Gasteiger partial charge in [-0.05, 0) is 6.92 Å². The molecule has 116 valence electrons. The molecule has 0 spiro atoms. The molecule has 1 aromatic heterocycles. The van der Waals surface area contributed by atoms with Gasteiger partial charge in [0.1, 0.15) is 0 Å². The highest BCUT2D eigenvalue weighted by atomic mass is 32.2. The summed E-state index contributed by atoms with van der Waals surface area (Å²) < 4.78 is 27.1. The van der Waals surface area contributed by atoms with Crippen molar-refractivity contribution in [1.29, 1.82) is 0 Å². The minimum absolute atomic E-state index is 0.0594. The zero-order valence-electron chi connectivity index (χ0n) is 11.4. The zero-order valence-corrected chi connectivity index (χ0v) is 12.2. The van der Waals surface area contributed by atoms with Crippen molar-refractivity contribution in [1.82, 2.24) is 10.2 Å². The number of aromatic nitrogens is 2. The van der Waals surface area contributed by atoms with E-state index in [4.69, 9.17) is 9.88 Å². The average molecular weight is 316 g/mol. The molecule has 1 fully saturated rings. The lowest BCUT2D eigenvalue weighted by Gasteiger charge is -2.15. The fourth-order valence-corrected chi connectivity index (χ4v) is 3.17. The van der Waals surface area contributed by atoms with Crippen LogP contribution in [0.1, 0.15) is 23.8 Å². The van der Waals surface area contributed by atoms with Crippen LogP contribution in [-0.4, -0.2) is 49.4 Å². The molecule has 0 saturated carbocycles. The predicted octanol–water partition coefficient (Wildman–Crippen LogP) is -0.772. The van der Waals surface area contributed by atoms with Crippen LogP contribution in [0.25, 0.3) is 0 Å². The van der Waals surface area contributed by atoms with Crippen molar-refractivity contribution >= 4 is 27.6 Å². The van der Waals surface area contributed by atoms with Gasteiger partial charge in [-0.1, -0.05) is 0 Å². The van der Waals surface area contributed by atoms with Gasteiger partial charge in [-0.2, -0.15) is 5.10 Å². The van der Waals surface area contributed by atoms with Crippen LogP contribution in [0.15, 0.2) is 6.20 Å². The van der Waals surface area contributed by atoms with Crippen LogP contribution < -0.4 is 10.0 Å². The van der Waals surface area contributed by atoms with Gasteiger partial charge in [0, 0.05) is 18.9 Å². The molecule has 1 aromatic rings. The fraction of sp³-hybridized carbons (Fsp3) is 0.545. The molecule has 1 saturated heterocycles. The number of aromatic amines is 1. The molecule has 2 rings (SSSR count). The van der Waals surface area contributed by atoms with E-state index in [9.17, 15) is 18.0 Å².